The maximum Gasteiger partial charge on any atom is 0.211 e. The van der Waals surface area contributed by atoms with Gasteiger partial charge in [0.25, 0.3) is 0 Å². The van der Waals surface area contributed by atoms with E-state index < -0.39 is 6.04 Å². The molecule has 1 aliphatic heterocycles. The summed E-state index contributed by atoms with van der Waals surface area (Å²) in [5, 5.41) is 23.9. The molecule has 9 heteroatoms. The third kappa shape index (κ3) is 4.37. The molecule has 1 aliphatic rings. The van der Waals surface area contributed by atoms with Crippen LogP contribution in [0.2, 0.25) is 0 Å². The number of nitrogens with zero attached hydrogens (tertiary/aromatic N) is 5. The molecule has 0 aliphatic carbocycles. The van der Waals surface area contributed by atoms with Crippen molar-refractivity contribution < 1.29 is 0 Å². The molecule has 0 amide bonds. The van der Waals surface area contributed by atoms with Gasteiger partial charge in [-0.15, -0.1) is 0 Å². The fraction of sp³-hybridized carbons (Fsp3) is 0.364. The van der Waals surface area contributed by atoms with Gasteiger partial charge in [0.1, 0.15) is 29.3 Å². The molecule has 0 spiro atoms. The summed E-state index contributed by atoms with van der Waals surface area (Å²) in [4.78, 5) is 11.3. The first-order valence-electron chi connectivity index (χ1n) is 10.1. The Bertz CT molecular complexity index is 1060. The van der Waals surface area contributed by atoms with Crippen LogP contribution in [0.1, 0.15) is 56.0 Å². The van der Waals surface area contributed by atoms with Crippen molar-refractivity contribution in [3.8, 4) is 12.3 Å². The molecule has 1 atom stereocenters. The fourth-order valence-corrected chi connectivity index (χ4v) is 3.80. The topological polar surface area (TPSA) is 152 Å². The van der Waals surface area contributed by atoms with Crippen molar-refractivity contribution in [1.29, 1.82) is 10.5 Å². The van der Waals surface area contributed by atoms with Gasteiger partial charge in [0, 0.05) is 24.2 Å². The van der Waals surface area contributed by atoms with E-state index in [-0.39, 0.29) is 23.0 Å². The second-order valence-electron chi connectivity index (χ2n) is 8.00. The molecule has 0 fully saturated rings. The van der Waals surface area contributed by atoms with Crippen LogP contribution in [0, 0.1) is 22.8 Å². The van der Waals surface area contributed by atoms with Gasteiger partial charge in [0.15, 0.2) is 6.19 Å². The van der Waals surface area contributed by atoms with E-state index in [1.165, 1.54) is 5.56 Å². The molecule has 160 valence electrons. The molecule has 9 nitrogen and oxygen atoms in total. The number of aliphatic imine (C=N–C) groups is 1. The van der Waals surface area contributed by atoms with Crippen molar-refractivity contribution in [3.63, 3.8) is 0 Å². The predicted octanol–water partition coefficient (Wildman–Crippen LogP) is 2.68. The van der Waals surface area contributed by atoms with Crippen molar-refractivity contribution in [2.75, 3.05) is 16.8 Å². The Labute approximate surface area is 182 Å². The van der Waals surface area contributed by atoms with Gasteiger partial charge in [-0.1, -0.05) is 24.3 Å². The van der Waals surface area contributed by atoms with E-state index in [4.69, 9.17) is 16.7 Å². The van der Waals surface area contributed by atoms with Crippen LogP contribution in [0.3, 0.4) is 0 Å². The van der Waals surface area contributed by atoms with Crippen LogP contribution in [-0.2, 0) is 6.54 Å². The summed E-state index contributed by atoms with van der Waals surface area (Å²) in [6, 6.07) is 10.4. The Balaban J connectivity index is 2.02. The van der Waals surface area contributed by atoms with Crippen LogP contribution < -0.4 is 22.1 Å². The van der Waals surface area contributed by atoms with Gasteiger partial charge < -0.3 is 16.8 Å². The van der Waals surface area contributed by atoms with E-state index in [2.05, 4.69) is 65.3 Å². The van der Waals surface area contributed by atoms with Crippen molar-refractivity contribution in [2.24, 2.45) is 4.99 Å². The van der Waals surface area contributed by atoms with Gasteiger partial charge in [-0.25, -0.2) is 9.98 Å². The first kappa shape index (κ1) is 21.9. The molecule has 31 heavy (non-hydrogen) atoms. The molecule has 0 radical (unpaired) electrons. The number of fused-ring (bicyclic) bond motifs is 1. The number of rotatable bonds is 5. The lowest BCUT2D eigenvalue weighted by molar-refractivity contribution is 0.166. The third-order valence-electron chi connectivity index (χ3n) is 5.34. The van der Waals surface area contributed by atoms with E-state index in [0.717, 1.165) is 12.1 Å². The van der Waals surface area contributed by atoms with E-state index in [1.807, 2.05) is 24.4 Å². The Morgan fingerprint density at radius 2 is 1.77 bits per heavy atom. The number of nitriles is 2. The van der Waals surface area contributed by atoms with E-state index >= 15 is 0 Å². The Hall–Kier alpha value is -3.82. The Morgan fingerprint density at radius 3 is 2.32 bits per heavy atom. The maximum absolute atomic E-state index is 9.44. The molecule has 6 N–H and O–H groups in total. The van der Waals surface area contributed by atoms with E-state index in [9.17, 15) is 5.26 Å². The summed E-state index contributed by atoms with van der Waals surface area (Å²) in [6.45, 7) is 9.59. The van der Waals surface area contributed by atoms with Gasteiger partial charge in [-0.05, 0) is 38.8 Å². The van der Waals surface area contributed by atoms with Crippen LogP contribution >= 0.6 is 0 Å². The predicted molar refractivity (Wildman–Crippen MR) is 122 cm³/mol. The molecule has 2 aromatic rings. The molecule has 1 aromatic carbocycles. The Kier molecular flexibility index (Phi) is 6.28. The molecular formula is C22H27N9. The number of anilines is 3. The van der Waals surface area contributed by atoms with Crippen LogP contribution in [0.4, 0.5) is 17.3 Å². The molecule has 0 saturated heterocycles. The first-order chi connectivity index (χ1) is 14.8. The number of hydrogen-bond acceptors (Lipinski definition) is 9. The van der Waals surface area contributed by atoms with Gasteiger partial charge in [0.05, 0.1) is 5.69 Å². The number of nitrogen functional groups attached to an aromatic ring is 2. The monoisotopic (exact) mass is 417 g/mol. The first-order valence-corrected chi connectivity index (χ1v) is 10.1. The minimum atomic E-state index is -0.535. The zero-order valence-corrected chi connectivity index (χ0v) is 18.1. The molecule has 3 rings (SSSR count). The lowest BCUT2D eigenvalue weighted by Crippen LogP contribution is -2.36. The lowest BCUT2D eigenvalue weighted by atomic mass is 9.94. The zero-order chi connectivity index (χ0) is 22.7. The maximum atomic E-state index is 9.44. The van der Waals surface area contributed by atoms with Crippen LogP contribution in [0.25, 0.3) is 0 Å². The number of nitrogens with two attached hydrogens (primary N) is 2. The minimum Gasteiger partial charge on any atom is -0.397 e. The average molecular weight is 418 g/mol. The van der Waals surface area contributed by atoms with E-state index in [1.54, 1.807) is 0 Å². The summed E-state index contributed by atoms with van der Waals surface area (Å²) in [7, 11) is 0. The van der Waals surface area contributed by atoms with E-state index in [0.29, 0.717) is 23.5 Å². The standard InChI is InChI=1S/C22H27N9/c1-12(2)31(13(3)4)10-14-5-7-15(8-6-14)19-17-18(25)16(9-23)20(26)29-21(17)30-22(28-19)27-11-24/h5-8,12-13,19H,10H2,1-4H3,(H6,25,26,27,28,29,30). The SMILES string of the molecule is CC(C)N(Cc1ccc(C2N=C(NC#N)Nc3nc(N)c(C#N)c(N)c32)cc1)C(C)C. The molecule has 0 bridgehead atoms. The van der Waals surface area contributed by atoms with Gasteiger partial charge in [0.2, 0.25) is 5.96 Å². The Morgan fingerprint density at radius 1 is 1.13 bits per heavy atom. The number of hydrogen-bond donors (Lipinski definition) is 4. The number of nitrogens with one attached hydrogen (secondary N) is 2. The van der Waals surface area contributed by atoms with Gasteiger partial charge >= 0.3 is 0 Å². The van der Waals surface area contributed by atoms with Crippen molar-refractivity contribution in [3.05, 3.63) is 46.5 Å². The van der Waals surface area contributed by atoms with Gasteiger partial charge in [-0.2, -0.15) is 10.5 Å². The smallest absolute Gasteiger partial charge is 0.211 e. The minimum absolute atomic E-state index is 0.0287. The highest BCUT2D eigenvalue weighted by Crippen LogP contribution is 2.40. The number of guanidine groups is 1. The summed E-state index contributed by atoms with van der Waals surface area (Å²) in [5.41, 5.74) is 15.1. The molecule has 2 heterocycles. The normalized spacial score (nSPS) is 15.1. The molecule has 1 aromatic heterocycles. The van der Waals surface area contributed by atoms with Crippen LogP contribution in [0.5, 0.6) is 0 Å². The second-order valence-corrected chi connectivity index (χ2v) is 8.00. The van der Waals surface area contributed by atoms with Crippen LogP contribution in [-0.4, -0.2) is 27.9 Å². The lowest BCUT2D eigenvalue weighted by Gasteiger charge is -2.30. The zero-order valence-electron chi connectivity index (χ0n) is 18.1. The number of benzene rings is 1. The number of pyridine rings is 1. The molecule has 0 saturated carbocycles. The fourth-order valence-electron chi connectivity index (χ4n) is 3.80. The summed E-state index contributed by atoms with van der Waals surface area (Å²) in [6.07, 6.45) is 1.85. The molecular weight excluding hydrogens is 390 g/mol. The summed E-state index contributed by atoms with van der Waals surface area (Å²) in [5.74, 6) is 0.647. The second kappa shape index (κ2) is 8.90. The summed E-state index contributed by atoms with van der Waals surface area (Å²) < 4.78 is 0. The molecule has 1 unspecified atom stereocenters. The van der Waals surface area contributed by atoms with Crippen molar-refractivity contribution >= 4 is 23.3 Å². The average Bonchev–Trinajstić information content (AvgIpc) is 2.71. The quantitative estimate of drug-likeness (QED) is 0.428. The third-order valence-corrected chi connectivity index (χ3v) is 5.34. The largest absolute Gasteiger partial charge is 0.397 e. The highest BCUT2D eigenvalue weighted by atomic mass is 15.2. The van der Waals surface area contributed by atoms with Crippen molar-refractivity contribution in [2.45, 2.75) is 52.4 Å². The highest BCUT2D eigenvalue weighted by Gasteiger charge is 2.29. The van der Waals surface area contributed by atoms with Gasteiger partial charge in [-0.3, -0.25) is 10.2 Å². The summed E-state index contributed by atoms with van der Waals surface area (Å²) >= 11 is 0. The van der Waals surface area contributed by atoms with Crippen molar-refractivity contribution in [1.82, 2.24) is 15.2 Å². The highest BCUT2D eigenvalue weighted by molar-refractivity contribution is 5.98. The van der Waals surface area contributed by atoms with Crippen LogP contribution in [0.15, 0.2) is 29.3 Å². The number of aromatic nitrogens is 1.